The highest BCUT2D eigenvalue weighted by Gasteiger charge is 2.19. The van der Waals surface area contributed by atoms with Crippen molar-refractivity contribution in [1.82, 2.24) is 0 Å². The molecule has 0 N–H and O–H groups in total. The molecule has 3 nitrogen and oxygen atoms in total. The normalized spacial score (nSPS) is 13.0. The van der Waals surface area contributed by atoms with Crippen molar-refractivity contribution in [3.8, 4) is 12.3 Å². The molecule has 0 aliphatic carbocycles. The van der Waals surface area contributed by atoms with Crippen molar-refractivity contribution in [3.63, 3.8) is 0 Å². The molecule has 1 unspecified atom stereocenters. The fraction of sp³-hybridized carbons (Fsp3) is 0.750. The molecule has 0 saturated heterocycles. The van der Waals surface area contributed by atoms with Crippen LogP contribution in [0.2, 0.25) is 0 Å². The highest BCUT2D eigenvalue weighted by Crippen LogP contribution is 2.13. The molecule has 86 valence electrons. The predicted octanol–water partition coefficient (Wildman–Crippen LogP) is 2.00. The largest absolute Gasteiger partial charge is 0.460 e. The van der Waals surface area contributed by atoms with Crippen LogP contribution < -0.4 is 0 Å². The summed E-state index contributed by atoms with van der Waals surface area (Å²) in [6.07, 6.45) is 6.26. The van der Waals surface area contributed by atoms with Gasteiger partial charge in [-0.05, 0) is 27.2 Å². The van der Waals surface area contributed by atoms with Crippen LogP contribution in [-0.4, -0.2) is 25.3 Å². The van der Waals surface area contributed by atoms with Crippen LogP contribution in [0.1, 0.15) is 33.6 Å². The summed E-state index contributed by atoms with van der Waals surface area (Å²) in [5, 5.41) is 0. The van der Waals surface area contributed by atoms with Crippen LogP contribution in [0.25, 0.3) is 0 Å². The Bertz CT molecular complexity index is 232. The van der Waals surface area contributed by atoms with Crippen LogP contribution in [0.4, 0.5) is 0 Å². The Morgan fingerprint density at radius 1 is 1.47 bits per heavy atom. The van der Waals surface area contributed by atoms with Gasteiger partial charge in [0.15, 0.2) is 0 Å². The van der Waals surface area contributed by atoms with Crippen molar-refractivity contribution < 1.29 is 14.3 Å². The lowest BCUT2D eigenvalue weighted by molar-refractivity contribution is -0.155. The lowest BCUT2D eigenvalue weighted by atomic mass is 10.0. The average Bonchev–Trinajstić information content (AvgIpc) is 2.09. The van der Waals surface area contributed by atoms with Crippen molar-refractivity contribution in [2.45, 2.75) is 39.2 Å². The molecule has 1 atom stereocenters. The minimum Gasteiger partial charge on any atom is -0.460 e. The van der Waals surface area contributed by atoms with E-state index < -0.39 is 5.60 Å². The molecule has 0 bridgehead atoms. The summed E-state index contributed by atoms with van der Waals surface area (Å²) >= 11 is 0. The van der Waals surface area contributed by atoms with E-state index in [0.717, 1.165) is 0 Å². The van der Waals surface area contributed by atoms with E-state index in [0.29, 0.717) is 13.0 Å². The van der Waals surface area contributed by atoms with Gasteiger partial charge < -0.3 is 9.47 Å². The molecule has 0 radical (unpaired) electrons. The van der Waals surface area contributed by atoms with E-state index in [1.54, 1.807) is 7.11 Å². The maximum absolute atomic E-state index is 11.4. The van der Waals surface area contributed by atoms with Crippen molar-refractivity contribution in [2.75, 3.05) is 13.7 Å². The van der Waals surface area contributed by atoms with Crippen LogP contribution in [0.15, 0.2) is 0 Å². The summed E-state index contributed by atoms with van der Waals surface area (Å²) in [6, 6.07) is 0. The van der Waals surface area contributed by atoms with Crippen LogP contribution in [-0.2, 0) is 14.3 Å². The molecular weight excluding hydrogens is 192 g/mol. The topological polar surface area (TPSA) is 35.5 Å². The van der Waals surface area contributed by atoms with Gasteiger partial charge in [-0.1, -0.05) is 0 Å². The summed E-state index contributed by atoms with van der Waals surface area (Å²) in [4.78, 5) is 11.4. The Hall–Kier alpha value is -1.01. The van der Waals surface area contributed by atoms with Gasteiger partial charge >= 0.3 is 5.97 Å². The van der Waals surface area contributed by atoms with E-state index in [9.17, 15) is 4.79 Å². The first-order valence-corrected chi connectivity index (χ1v) is 5.06. The van der Waals surface area contributed by atoms with Gasteiger partial charge in [0.05, 0.1) is 6.42 Å². The van der Waals surface area contributed by atoms with Crippen LogP contribution in [0.3, 0.4) is 0 Å². The van der Waals surface area contributed by atoms with E-state index in [-0.39, 0.29) is 18.3 Å². The second-order valence-corrected chi connectivity index (χ2v) is 4.44. The highest BCUT2D eigenvalue weighted by molar-refractivity contribution is 5.70. The van der Waals surface area contributed by atoms with E-state index in [2.05, 4.69) is 5.92 Å². The first kappa shape index (κ1) is 14.0. The third kappa shape index (κ3) is 8.02. The highest BCUT2D eigenvalue weighted by atomic mass is 16.6. The quantitative estimate of drug-likeness (QED) is 0.516. The Morgan fingerprint density at radius 3 is 2.47 bits per heavy atom. The van der Waals surface area contributed by atoms with Crippen molar-refractivity contribution in [3.05, 3.63) is 0 Å². The number of hydrogen-bond donors (Lipinski definition) is 0. The smallest absolute Gasteiger partial charge is 0.307 e. The Labute approximate surface area is 92.1 Å². The van der Waals surface area contributed by atoms with E-state index in [1.807, 2.05) is 20.8 Å². The molecule has 0 aromatic heterocycles. The second kappa shape index (κ2) is 6.47. The monoisotopic (exact) mass is 212 g/mol. The van der Waals surface area contributed by atoms with Crippen molar-refractivity contribution in [1.29, 1.82) is 0 Å². The van der Waals surface area contributed by atoms with Crippen LogP contribution in [0.5, 0.6) is 0 Å². The molecule has 0 rings (SSSR count). The number of carbonyl (C=O) groups is 1. The molecule has 0 heterocycles. The first-order chi connectivity index (χ1) is 6.89. The zero-order valence-electron chi connectivity index (χ0n) is 10.0. The Morgan fingerprint density at radius 2 is 2.07 bits per heavy atom. The van der Waals surface area contributed by atoms with Crippen molar-refractivity contribution in [2.24, 2.45) is 5.92 Å². The summed E-state index contributed by atoms with van der Waals surface area (Å²) in [5.74, 6) is 2.23. The summed E-state index contributed by atoms with van der Waals surface area (Å²) in [6.45, 7) is 6.08. The second-order valence-electron chi connectivity index (χ2n) is 4.44. The summed E-state index contributed by atoms with van der Waals surface area (Å²) < 4.78 is 10.1. The van der Waals surface area contributed by atoms with Gasteiger partial charge in [0.1, 0.15) is 5.60 Å². The van der Waals surface area contributed by atoms with Gasteiger partial charge in [-0.15, -0.1) is 12.3 Å². The number of methoxy groups -OCH3 is 1. The molecule has 0 aromatic carbocycles. The van der Waals surface area contributed by atoms with Gasteiger partial charge in [0.2, 0.25) is 0 Å². The molecule has 0 saturated carbocycles. The lowest BCUT2D eigenvalue weighted by Crippen LogP contribution is -2.25. The van der Waals surface area contributed by atoms with Crippen LogP contribution >= 0.6 is 0 Å². The SMILES string of the molecule is C#CC(CCOC)CC(=O)OC(C)(C)C. The fourth-order valence-electron chi connectivity index (χ4n) is 1.09. The van der Waals surface area contributed by atoms with Crippen molar-refractivity contribution >= 4 is 5.97 Å². The molecule has 0 aromatic rings. The maximum Gasteiger partial charge on any atom is 0.307 e. The zero-order chi connectivity index (χ0) is 11.9. The molecule has 0 aliphatic rings. The van der Waals surface area contributed by atoms with E-state index in [4.69, 9.17) is 15.9 Å². The van der Waals surface area contributed by atoms with E-state index in [1.165, 1.54) is 0 Å². The fourth-order valence-corrected chi connectivity index (χ4v) is 1.09. The molecule has 0 fully saturated rings. The number of terminal acetylenes is 1. The van der Waals surface area contributed by atoms with Gasteiger partial charge in [-0.3, -0.25) is 4.79 Å². The minimum absolute atomic E-state index is 0.0974. The standard InChI is InChI=1S/C12H20O3/c1-6-10(7-8-14-5)9-11(13)15-12(2,3)4/h1,10H,7-9H2,2-5H3. The predicted molar refractivity (Wildman–Crippen MR) is 59.3 cm³/mol. The van der Waals surface area contributed by atoms with E-state index >= 15 is 0 Å². The number of hydrogen-bond acceptors (Lipinski definition) is 3. The molecule has 15 heavy (non-hydrogen) atoms. The third-order valence-corrected chi connectivity index (χ3v) is 1.74. The summed E-state index contributed by atoms with van der Waals surface area (Å²) in [7, 11) is 1.61. The number of rotatable bonds is 5. The maximum atomic E-state index is 11.4. The molecule has 0 spiro atoms. The number of esters is 1. The van der Waals surface area contributed by atoms with Gasteiger partial charge in [0, 0.05) is 19.6 Å². The Kier molecular flexibility index (Phi) is 6.03. The zero-order valence-corrected chi connectivity index (χ0v) is 10.0. The van der Waals surface area contributed by atoms with Gasteiger partial charge in [-0.2, -0.15) is 0 Å². The molecular formula is C12H20O3. The molecule has 3 heteroatoms. The molecule has 0 amide bonds. The average molecular weight is 212 g/mol. The molecule has 0 aliphatic heterocycles. The Balaban J connectivity index is 3.98. The van der Waals surface area contributed by atoms with Gasteiger partial charge in [0.25, 0.3) is 0 Å². The summed E-state index contributed by atoms with van der Waals surface area (Å²) in [5.41, 5.74) is -0.447. The minimum atomic E-state index is -0.447. The van der Waals surface area contributed by atoms with Gasteiger partial charge in [-0.25, -0.2) is 0 Å². The van der Waals surface area contributed by atoms with Crippen LogP contribution in [0, 0.1) is 18.3 Å². The number of ether oxygens (including phenoxy) is 2. The third-order valence-electron chi connectivity index (χ3n) is 1.74. The lowest BCUT2D eigenvalue weighted by Gasteiger charge is -2.20. The first-order valence-electron chi connectivity index (χ1n) is 5.06. The number of carbonyl (C=O) groups excluding carboxylic acids is 1.